The summed E-state index contributed by atoms with van der Waals surface area (Å²) in [6.07, 6.45) is -0.587. The third-order valence-corrected chi connectivity index (χ3v) is 3.76. The molecule has 1 N–H and O–H groups in total. The molecular weight excluding hydrogens is 276 g/mol. The maximum atomic E-state index is 10.3. The summed E-state index contributed by atoms with van der Waals surface area (Å²) in [4.78, 5) is 4.51. The van der Waals surface area contributed by atoms with Crippen molar-refractivity contribution in [2.45, 2.75) is 26.5 Å². The van der Waals surface area contributed by atoms with Gasteiger partial charge in [0, 0.05) is 0 Å². The number of rotatable bonds is 5. The standard InChI is InChI=1S/C18H20N2O2/c1-13-7-3-6-10-18(13)22-12-15(21)11-20-14(2)19-16-8-4-5-9-17(16)20/h3-10,15,21H,11-12H2,1-2H3. The minimum Gasteiger partial charge on any atom is -0.491 e. The highest BCUT2D eigenvalue weighted by Gasteiger charge is 2.12. The van der Waals surface area contributed by atoms with Crippen molar-refractivity contribution in [1.82, 2.24) is 9.55 Å². The van der Waals surface area contributed by atoms with Gasteiger partial charge in [-0.2, -0.15) is 0 Å². The van der Waals surface area contributed by atoms with E-state index in [1.165, 1.54) is 0 Å². The lowest BCUT2D eigenvalue weighted by Crippen LogP contribution is -2.24. The van der Waals surface area contributed by atoms with E-state index in [9.17, 15) is 5.11 Å². The molecule has 0 radical (unpaired) electrons. The van der Waals surface area contributed by atoms with E-state index >= 15 is 0 Å². The van der Waals surface area contributed by atoms with Crippen LogP contribution in [0.15, 0.2) is 48.5 Å². The molecule has 1 aromatic heterocycles. The van der Waals surface area contributed by atoms with Crippen LogP contribution in [0.5, 0.6) is 5.75 Å². The summed E-state index contributed by atoms with van der Waals surface area (Å²) in [5.41, 5.74) is 3.06. The molecule has 0 bridgehead atoms. The number of aryl methyl sites for hydroxylation is 2. The highest BCUT2D eigenvalue weighted by Crippen LogP contribution is 2.18. The Morgan fingerprint density at radius 3 is 2.64 bits per heavy atom. The van der Waals surface area contributed by atoms with Crippen LogP contribution in [0, 0.1) is 13.8 Å². The first-order valence-electron chi connectivity index (χ1n) is 7.43. The molecule has 0 spiro atoms. The van der Waals surface area contributed by atoms with Crippen LogP contribution in [0.1, 0.15) is 11.4 Å². The Hall–Kier alpha value is -2.33. The molecule has 4 heteroatoms. The van der Waals surface area contributed by atoms with E-state index < -0.39 is 6.10 Å². The zero-order valence-corrected chi connectivity index (χ0v) is 12.9. The van der Waals surface area contributed by atoms with Crippen molar-refractivity contribution in [3.05, 3.63) is 59.9 Å². The predicted molar refractivity (Wildman–Crippen MR) is 87.2 cm³/mol. The van der Waals surface area contributed by atoms with Crippen molar-refractivity contribution in [2.75, 3.05) is 6.61 Å². The lowest BCUT2D eigenvalue weighted by Gasteiger charge is -2.15. The van der Waals surface area contributed by atoms with E-state index in [1.807, 2.05) is 66.9 Å². The third-order valence-electron chi connectivity index (χ3n) is 3.76. The molecule has 1 heterocycles. The topological polar surface area (TPSA) is 47.3 Å². The van der Waals surface area contributed by atoms with Gasteiger partial charge in [0.25, 0.3) is 0 Å². The van der Waals surface area contributed by atoms with Crippen LogP contribution < -0.4 is 4.74 Å². The number of aliphatic hydroxyl groups is 1. The van der Waals surface area contributed by atoms with Gasteiger partial charge in [-0.15, -0.1) is 0 Å². The van der Waals surface area contributed by atoms with Crippen LogP contribution in [0.3, 0.4) is 0 Å². The average Bonchev–Trinajstić information content (AvgIpc) is 2.83. The second-order valence-electron chi connectivity index (χ2n) is 5.49. The van der Waals surface area contributed by atoms with E-state index in [0.29, 0.717) is 6.54 Å². The maximum absolute atomic E-state index is 10.3. The van der Waals surface area contributed by atoms with Gasteiger partial charge in [-0.3, -0.25) is 0 Å². The van der Waals surface area contributed by atoms with Crippen molar-refractivity contribution < 1.29 is 9.84 Å². The second kappa shape index (κ2) is 6.20. The molecule has 4 nitrogen and oxygen atoms in total. The Morgan fingerprint density at radius 2 is 1.82 bits per heavy atom. The van der Waals surface area contributed by atoms with Gasteiger partial charge < -0.3 is 14.4 Å². The van der Waals surface area contributed by atoms with Gasteiger partial charge in [-0.1, -0.05) is 30.3 Å². The Bertz CT molecular complexity index is 780. The molecule has 22 heavy (non-hydrogen) atoms. The number of hydrogen-bond donors (Lipinski definition) is 1. The third kappa shape index (κ3) is 2.97. The smallest absolute Gasteiger partial charge is 0.122 e. The first-order chi connectivity index (χ1) is 10.6. The monoisotopic (exact) mass is 296 g/mol. The normalized spacial score (nSPS) is 12.5. The highest BCUT2D eigenvalue weighted by molar-refractivity contribution is 5.75. The van der Waals surface area contributed by atoms with Crippen LogP contribution >= 0.6 is 0 Å². The summed E-state index contributed by atoms with van der Waals surface area (Å²) < 4.78 is 7.74. The first-order valence-corrected chi connectivity index (χ1v) is 7.43. The van der Waals surface area contributed by atoms with E-state index in [4.69, 9.17) is 4.74 Å². The number of aliphatic hydroxyl groups excluding tert-OH is 1. The van der Waals surface area contributed by atoms with Gasteiger partial charge in [0.05, 0.1) is 17.6 Å². The number of benzene rings is 2. The molecular formula is C18H20N2O2. The molecule has 114 valence electrons. The summed E-state index contributed by atoms with van der Waals surface area (Å²) in [5, 5.41) is 10.3. The van der Waals surface area contributed by atoms with Gasteiger partial charge >= 0.3 is 0 Å². The van der Waals surface area contributed by atoms with Crippen LogP contribution in [0.4, 0.5) is 0 Å². The van der Waals surface area contributed by atoms with Crippen LogP contribution in [0.2, 0.25) is 0 Å². The van der Waals surface area contributed by atoms with Crippen molar-refractivity contribution >= 4 is 11.0 Å². The fraction of sp³-hybridized carbons (Fsp3) is 0.278. The van der Waals surface area contributed by atoms with Crippen molar-refractivity contribution in [2.24, 2.45) is 0 Å². The Balaban J connectivity index is 1.70. The lowest BCUT2D eigenvalue weighted by molar-refractivity contribution is 0.0926. The summed E-state index contributed by atoms with van der Waals surface area (Å²) in [6.45, 7) is 4.68. The molecule has 0 amide bonds. The van der Waals surface area contributed by atoms with Gasteiger partial charge in [-0.05, 0) is 37.6 Å². The van der Waals surface area contributed by atoms with Gasteiger partial charge in [0.1, 0.15) is 24.3 Å². The first kappa shape index (κ1) is 14.6. The average molecular weight is 296 g/mol. The molecule has 0 aliphatic carbocycles. The number of fused-ring (bicyclic) bond motifs is 1. The quantitative estimate of drug-likeness (QED) is 0.787. The summed E-state index contributed by atoms with van der Waals surface area (Å²) in [7, 11) is 0. The number of para-hydroxylation sites is 3. The van der Waals surface area contributed by atoms with Gasteiger partial charge in [0.15, 0.2) is 0 Å². The van der Waals surface area contributed by atoms with Crippen molar-refractivity contribution in [3.8, 4) is 5.75 Å². The number of hydrogen-bond acceptors (Lipinski definition) is 3. The van der Waals surface area contributed by atoms with Gasteiger partial charge in [0.2, 0.25) is 0 Å². The molecule has 0 aliphatic heterocycles. The van der Waals surface area contributed by atoms with Crippen molar-refractivity contribution in [3.63, 3.8) is 0 Å². The Morgan fingerprint density at radius 1 is 1.09 bits per heavy atom. The minimum atomic E-state index is -0.587. The molecule has 0 saturated heterocycles. The summed E-state index contributed by atoms with van der Waals surface area (Å²) in [5.74, 6) is 1.71. The van der Waals surface area contributed by atoms with Crippen LogP contribution in [0.25, 0.3) is 11.0 Å². The zero-order valence-electron chi connectivity index (χ0n) is 12.9. The molecule has 1 unspecified atom stereocenters. The molecule has 3 rings (SSSR count). The molecule has 0 fully saturated rings. The van der Waals surface area contributed by atoms with E-state index in [2.05, 4.69) is 4.98 Å². The minimum absolute atomic E-state index is 0.261. The Labute approximate surface area is 130 Å². The van der Waals surface area contributed by atoms with E-state index in [-0.39, 0.29) is 6.61 Å². The van der Waals surface area contributed by atoms with E-state index in [0.717, 1.165) is 28.2 Å². The summed E-state index contributed by atoms with van der Waals surface area (Å²) >= 11 is 0. The Kier molecular flexibility index (Phi) is 4.11. The maximum Gasteiger partial charge on any atom is 0.122 e. The largest absolute Gasteiger partial charge is 0.491 e. The molecule has 1 atom stereocenters. The number of aromatic nitrogens is 2. The molecule has 3 aromatic rings. The number of nitrogens with zero attached hydrogens (tertiary/aromatic N) is 2. The zero-order chi connectivity index (χ0) is 15.5. The predicted octanol–water partition coefficient (Wildman–Crippen LogP) is 3.09. The molecule has 2 aromatic carbocycles. The van der Waals surface area contributed by atoms with Crippen molar-refractivity contribution in [1.29, 1.82) is 0 Å². The summed E-state index contributed by atoms with van der Waals surface area (Å²) in [6, 6.07) is 15.8. The molecule has 0 aliphatic rings. The SMILES string of the molecule is Cc1ccccc1OCC(O)Cn1c(C)nc2ccccc21. The number of imidazole rings is 1. The highest BCUT2D eigenvalue weighted by atomic mass is 16.5. The second-order valence-corrected chi connectivity index (χ2v) is 5.49. The van der Waals surface area contributed by atoms with Crippen LogP contribution in [-0.2, 0) is 6.54 Å². The van der Waals surface area contributed by atoms with Crippen LogP contribution in [-0.4, -0.2) is 27.4 Å². The fourth-order valence-corrected chi connectivity index (χ4v) is 2.59. The molecule has 0 saturated carbocycles. The van der Waals surface area contributed by atoms with Gasteiger partial charge in [-0.25, -0.2) is 4.98 Å². The fourth-order valence-electron chi connectivity index (χ4n) is 2.59. The lowest BCUT2D eigenvalue weighted by atomic mass is 10.2. The van der Waals surface area contributed by atoms with E-state index in [1.54, 1.807) is 0 Å². The number of ether oxygens (including phenoxy) is 1.